The summed E-state index contributed by atoms with van der Waals surface area (Å²) in [5.74, 6) is 0.700. The molecule has 16 heavy (non-hydrogen) atoms. The fraction of sp³-hybridized carbons (Fsp3) is 0.571. The van der Waals surface area contributed by atoms with Crippen LogP contribution in [0.15, 0.2) is 24.3 Å². The molecule has 0 radical (unpaired) electrons. The van der Waals surface area contributed by atoms with Crippen molar-refractivity contribution in [2.45, 2.75) is 39.3 Å². The summed E-state index contributed by atoms with van der Waals surface area (Å²) in [6.07, 6.45) is 2.68. The predicted octanol–water partition coefficient (Wildman–Crippen LogP) is 2.77. The van der Waals surface area contributed by atoms with Crippen molar-refractivity contribution in [2.75, 3.05) is 11.4 Å². The van der Waals surface area contributed by atoms with Crippen LogP contribution in [-0.2, 0) is 6.54 Å². The van der Waals surface area contributed by atoms with Gasteiger partial charge in [-0.25, -0.2) is 0 Å². The van der Waals surface area contributed by atoms with Crippen LogP contribution >= 0.6 is 0 Å². The number of hydrogen-bond donors (Lipinski definition) is 1. The average molecular weight is 218 g/mol. The van der Waals surface area contributed by atoms with Gasteiger partial charge >= 0.3 is 0 Å². The van der Waals surface area contributed by atoms with E-state index >= 15 is 0 Å². The van der Waals surface area contributed by atoms with Gasteiger partial charge in [0.05, 0.1) is 0 Å². The van der Waals surface area contributed by atoms with Crippen molar-refractivity contribution in [3.05, 3.63) is 29.8 Å². The summed E-state index contributed by atoms with van der Waals surface area (Å²) in [7, 11) is 0. The Balaban J connectivity index is 2.23. The second-order valence-electron chi connectivity index (χ2n) is 5.11. The van der Waals surface area contributed by atoms with Crippen molar-refractivity contribution in [2.24, 2.45) is 11.7 Å². The van der Waals surface area contributed by atoms with Crippen molar-refractivity contribution in [1.29, 1.82) is 0 Å². The number of nitrogens with zero attached hydrogens (tertiary/aromatic N) is 1. The molecule has 2 N–H and O–H groups in total. The Hall–Kier alpha value is -1.02. The molecule has 1 aromatic rings. The molecule has 1 saturated carbocycles. The maximum Gasteiger partial charge on any atom is 0.0414 e. The quantitative estimate of drug-likeness (QED) is 0.823. The summed E-state index contributed by atoms with van der Waals surface area (Å²) in [5.41, 5.74) is 8.43. The molecule has 1 aliphatic rings. The zero-order chi connectivity index (χ0) is 11.5. The molecule has 0 spiro atoms. The lowest BCUT2D eigenvalue weighted by atomic mass is 10.1. The summed E-state index contributed by atoms with van der Waals surface area (Å²) in [5, 5.41) is 0. The first-order chi connectivity index (χ1) is 7.72. The van der Waals surface area contributed by atoms with Crippen LogP contribution in [0.4, 0.5) is 5.69 Å². The van der Waals surface area contributed by atoms with E-state index in [1.165, 1.54) is 24.1 Å². The van der Waals surface area contributed by atoms with E-state index in [9.17, 15) is 0 Å². The fourth-order valence-electron chi connectivity index (χ4n) is 2.19. The normalized spacial score (nSPS) is 15.5. The number of para-hydroxylation sites is 1. The van der Waals surface area contributed by atoms with Gasteiger partial charge < -0.3 is 10.6 Å². The first-order valence-electron chi connectivity index (χ1n) is 6.27. The highest BCUT2D eigenvalue weighted by Crippen LogP contribution is 2.34. The molecule has 0 aromatic heterocycles. The van der Waals surface area contributed by atoms with E-state index in [4.69, 9.17) is 5.73 Å². The molecule has 2 heteroatoms. The Kier molecular flexibility index (Phi) is 3.49. The molecule has 1 fully saturated rings. The van der Waals surface area contributed by atoms with E-state index < -0.39 is 0 Å². The van der Waals surface area contributed by atoms with Crippen molar-refractivity contribution in [3.8, 4) is 0 Å². The second-order valence-corrected chi connectivity index (χ2v) is 5.11. The van der Waals surface area contributed by atoms with Crippen LogP contribution in [0.5, 0.6) is 0 Å². The van der Waals surface area contributed by atoms with E-state index in [2.05, 4.69) is 43.0 Å². The zero-order valence-electron chi connectivity index (χ0n) is 10.3. The minimum absolute atomic E-state index is 0.636. The maximum atomic E-state index is 5.81. The molecule has 0 amide bonds. The highest BCUT2D eigenvalue weighted by Gasteiger charge is 2.30. The SMILES string of the molecule is CC(C)CN(c1ccccc1CN)C1CC1. The molecule has 88 valence electrons. The molecule has 0 unspecified atom stereocenters. The number of hydrogen-bond acceptors (Lipinski definition) is 2. The Bertz CT molecular complexity index is 342. The molecule has 2 nitrogen and oxygen atoms in total. The first kappa shape index (κ1) is 11.5. The molecule has 1 aromatic carbocycles. The summed E-state index contributed by atoms with van der Waals surface area (Å²) in [4.78, 5) is 2.55. The van der Waals surface area contributed by atoms with Gasteiger partial charge in [0.15, 0.2) is 0 Å². The number of nitrogens with two attached hydrogens (primary N) is 1. The fourth-order valence-corrected chi connectivity index (χ4v) is 2.19. The van der Waals surface area contributed by atoms with Gasteiger partial charge in [-0.3, -0.25) is 0 Å². The lowest BCUT2D eigenvalue weighted by molar-refractivity contribution is 0.605. The molecule has 0 aliphatic heterocycles. The van der Waals surface area contributed by atoms with Gasteiger partial charge in [0.2, 0.25) is 0 Å². The largest absolute Gasteiger partial charge is 0.368 e. The third kappa shape index (κ3) is 2.56. The Morgan fingerprint density at radius 2 is 2.00 bits per heavy atom. The molecule has 1 aliphatic carbocycles. The molecule has 2 rings (SSSR count). The van der Waals surface area contributed by atoms with E-state index in [1.807, 2.05) is 0 Å². The van der Waals surface area contributed by atoms with Gasteiger partial charge in [0, 0.05) is 24.8 Å². The van der Waals surface area contributed by atoms with Crippen LogP contribution in [0.3, 0.4) is 0 Å². The lowest BCUT2D eigenvalue weighted by Crippen LogP contribution is -2.30. The zero-order valence-corrected chi connectivity index (χ0v) is 10.3. The summed E-state index contributed by atoms with van der Waals surface area (Å²) < 4.78 is 0. The van der Waals surface area contributed by atoms with E-state index in [0.717, 1.165) is 12.6 Å². The summed E-state index contributed by atoms with van der Waals surface area (Å²) in [6, 6.07) is 9.31. The Labute approximate surface area is 98.4 Å². The van der Waals surface area contributed by atoms with Gasteiger partial charge in [-0.05, 0) is 30.4 Å². The van der Waals surface area contributed by atoms with Crippen LogP contribution in [0.25, 0.3) is 0 Å². The van der Waals surface area contributed by atoms with Crippen molar-refractivity contribution >= 4 is 5.69 Å². The Morgan fingerprint density at radius 3 is 2.56 bits per heavy atom. The third-order valence-corrected chi connectivity index (χ3v) is 3.07. The van der Waals surface area contributed by atoms with Crippen molar-refractivity contribution < 1.29 is 0 Å². The molecular formula is C14H22N2. The van der Waals surface area contributed by atoms with Gasteiger partial charge in [-0.1, -0.05) is 32.0 Å². The second kappa shape index (κ2) is 4.88. The highest BCUT2D eigenvalue weighted by atomic mass is 15.2. The minimum atomic E-state index is 0.636. The third-order valence-electron chi connectivity index (χ3n) is 3.07. The van der Waals surface area contributed by atoms with Crippen LogP contribution in [0.2, 0.25) is 0 Å². The summed E-state index contributed by atoms with van der Waals surface area (Å²) >= 11 is 0. The maximum absolute atomic E-state index is 5.81. The van der Waals surface area contributed by atoms with Crippen LogP contribution in [0.1, 0.15) is 32.3 Å². The standard InChI is InChI=1S/C14H22N2/c1-11(2)10-16(13-7-8-13)14-6-4-3-5-12(14)9-15/h3-6,11,13H,7-10,15H2,1-2H3. The van der Waals surface area contributed by atoms with Gasteiger partial charge in [0.25, 0.3) is 0 Å². The average Bonchev–Trinajstić information content (AvgIpc) is 3.09. The Morgan fingerprint density at radius 1 is 1.31 bits per heavy atom. The number of anilines is 1. The van der Waals surface area contributed by atoms with Crippen LogP contribution < -0.4 is 10.6 Å². The van der Waals surface area contributed by atoms with Crippen molar-refractivity contribution in [3.63, 3.8) is 0 Å². The molecule has 0 atom stereocenters. The number of rotatable bonds is 5. The van der Waals surface area contributed by atoms with Crippen LogP contribution in [0, 0.1) is 5.92 Å². The molecule has 0 saturated heterocycles. The monoisotopic (exact) mass is 218 g/mol. The summed E-state index contributed by atoms with van der Waals surface area (Å²) in [6.45, 7) is 6.33. The van der Waals surface area contributed by atoms with E-state index in [1.54, 1.807) is 0 Å². The van der Waals surface area contributed by atoms with E-state index in [-0.39, 0.29) is 0 Å². The van der Waals surface area contributed by atoms with Gasteiger partial charge in [-0.15, -0.1) is 0 Å². The van der Waals surface area contributed by atoms with E-state index in [0.29, 0.717) is 12.5 Å². The van der Waals surface area contributed by atoms with Crippen LogP contribution in [-0.4, -0.2) is 12.6 Å². The molecule has 0 heterocycles. The molecule has 0 bridgehead atoms. The lowest BCUT2D eigenvalue weighted by Gasteiger charge is -2.28. The predicted molar refractivity (Wildman–Crippen MR) is 69.5 cm³/mol. The van der Waals surface area contributed by atoms with Gasteiger partial charge in [0.1, 0.15) is 0 Å². The smallest absolute Gasteiger partial charge is 0.0414 e. The topological polar surface area (TPSA) is 29.3 Å². The minimum Gasteiger partial charge on any atom is -0.368 e. The number of benzene rings is 1. The first-order valence-corrected chi connectivity index (χ1v) is 6.27. The highest BCUT2D eigenvalue weighted by molar-refractivity contribution is 5.55. The molecular weight excluding hydrogens is 196 g/mol. The van der Waals surface area contributed by atoms with Gasteiger partial charge in [-0.2, -0.15) is 0 Å². The van der Waals surface area contributed by atoms with Crippen molar-refractivity contribution in [1.82, 2.24) is 0 Å².